The highest BCUT2D eigenvalue weighted by Gasteiger charge is 2.14. The summed E-state index contributed by atoms with van der Waals surface area (Å²) in [6, 6.07) is 6.61. The van der Waals surface area contributed by atoms with Gasteiger partial charge in [-0.25, -0.2) is 4.52 Å². The molecule has 0 aliphatic heterocycles. The fourth-order valence-electron chi connectivity index (χ4n) is 2.19. The number of thiazole rings is 1. The first-order valence-corrected chi connectivity index (χ1v) is 8.55. The number of carbonyl (C=O) groups is 2. The van der Waals surface area contributed by atoms with Gasteiger partial charge in [0.1, 0.15) is 0 Å². The van der Waals surface area contributed by atoms with Crippen LogP contribution in [0.2, 0.25) is 5.02 Å². The number of fused-ring (bicyclic) bond motifs is 1. The zero-order valence-electron chi connectivity index (χ0n) is 13.2. The van der Waals surface area contributed by atoms with Crippen LogP contribution in [0.5, 0.6) is 0 Å². The van der Waals surface area contributed by atoms with Gasteiger partial charge in [-0.15, -0.1) is 5.10 Å². The number of nitrogens with zero attached hydrogens (tertiary/aromatic N) is 3. The van der Waals surface area contributed by atoms with Crippen molar-refractivity contribution in [1.29, 1.82) is 0 Å². The lowest BCUT2D eigenvalue weighted by atomic mass is 10.1. The lowest BCUT2D eigenvalue weighted by molar-refractivity contribution is -0.116. The van der Waals surface area contributed by atoms with E-state index in [-0.39, 0.29) is 30.5 Å². The topological polar surface area (TPSA) is 76.4 Å². The molecule has 0 saturated heterocycles. The summed E-state index contributed by atoms with van der Waals surface area (Å²) in [7, 11) is 0. The van der Waals surface area contributed by atoms with Gasteiger partial charge in [-0.05, 0) is 38.1 Å². The van der Waals surface area contributed by atoms with Crippen molar-refractivity contribution in [1.82, 2.24) is 14.6 Å². The molecular formula is C16H15ClN4O2S. The van der Waals surface area contributed by atoms with Gasteiger partial charge in [0.25, 0.3) is 0 Å². The zero-order valence-corrected chi connectivity index (χ0v) is 14.7. The molecule has 0 atom stereocenters. The number of nitrogens with one attached hydrogen (secondary N) is 1. The molecular weight excluding hydrogens is 348 g/mol. The minimum Gasteiger partial charge on any atom is -0.294 e. The average molecular weight is 363 g/mol. The summed E-state index contributed by atoms with van der Waals surface area (Å²) in [6.07, 6.45) is 0.195. The molecule has 6 nitrogen and oxygen atoms in total. The molecule has 1 aromatic carbocycles. The number of aromatic nitrogens is 3. The van der Waals surface area contributed by atoms with Crippen LogP contribution < -0.4 is 5.32 Å². The first-order valence-electron chi connectivity index (χ1n) is 7.35. The summed E-state index contributed by atoms with van der Waals surface area (Å²) < 4.78 is 1.70. The number of hydrogen-bond acceptors (Lipinski definition) is 5. The first-order chi connectivity index (χ1) is 11.4. The van der Waals surface area contributed by atoms with Crippen LogP contribution in [-0.4, -0.2) is 26.3 Å². The number of rotatable bonds is 5. The molecule has 1 N–H and O–H groups in total. The summed E-state index contributed by atoms with van der Waals surface area (Å²) in [5.41, 5.74) is 1.54. The highest BCUT2D eigenvalue weighted by Crippen LogP contribution is 2.21. The van der Waals surface area contributed by atoms with Crippen LogP contribution in [0, 0.1) is 13.8 Å². The molecule has 0 aliphatic carbocycles. The van der Waals surface area contributed by atoms with Gasteiger partial charge in [0.2, 0.25) is 16.8 Å². The summed E-state index contributed by atoms with van der Waals surface area (Å²) >= 11 is 7.31. The van der Waals surface area contributed by atoms with Gasteiger partial charge in [-0.1, -0.05) is 22.9 Å². The van der Waals surface area contributed by atoms with E-state index in [9.17, 15) is 9.59 Å². The van der Waals surface area contributed by atoms with E-state index in [0.29, 0.717) is 10.6 Å². The Morgan fingerprint density at radius 2 is 1.92 bits per heavy atom. The van der Waals surface area contributed by atoms with E-state index in [4.69, 9.17) is 11.6 Å². The number of carbonyl (C=O) groups excluding carboxylic acids is 2. The van der Waals surface area contributed by atoms with Crippen LogP contribution in [0.3, 0.4) is 0 Å². The molecule has 3 rings (SSSR count). The second-order valence-electron chi connectivity index (χ2n) is 5.35. The summed E-state index contributed by atoms with van der Waals surface area (Å²) in [5.74, 6) is -0.134. The second kappa shape index (κ2) is 6.70. The molecule has 3 aromatic rings. The molecule has 0 aliphatic rings. The normalized spacial score (nSPS) is 11.0. The van der Waals surface area contributed by atoms with Crippen LogP contribution in [0.25, 0.3) is 4.96 Å². The molecule has 0 unspecified atom stereocenters. The Labute approximate surface area is 147 Å². The summed E-state index contributed by atoms with van der Waals surface area (Å²) in [4.78, 5) is 30.2. The molecule has 2 heterocycles. The number of hydrogen-bond donors (Lipinski definition) is 1. The fourth-order valence-corrected chi connectivity index (χ4v) is 3.22. The van der Waals surface area contributed by atoms with Gasteiger partial charge in [-0.3, -0.25) is 14.9 Å². The maximum atomic E-state index is 12.0. The minimum atomic E-state index is -0.287. The molecule has 0 bridgehead atoms. The second-order valence-corrected chi connectivity index (χ2v) is 6.97. The van der Waals surface area contributed by atoms with Gasteiger partial charge in [0.15, 0.2) is 5.78 Å². The van der Waals surface area contributed by atoms with E-state index in [0.717, 1.165) is 15.5 Å². The molecule has 0 spiro atoms. The van der Waals surface area contributed by atoms with Gasteiger partial charge < -0.3 is 0 Å². The van der Waals surface area contributed by atoms with Crippen LogP contribution in [0.4, 0.5) is 5.95 Å². The largest absolute Gasteiger partial charge is 0.294 e. The Balaban J connectivity index is 1.58. The Kier molecular flexibility index (Phi) is 4.64. The lowest BCUT2D eigenvalue weighted by Gasteiger charge is -2.02. The van der Waals surface area contributed by atoms with E-state index >= 15 is 0 Å². The molecule has 1 amide bonds. The Hall–Kier alpha value is -2.25. The van der Waals surface area contributed by atoms with Gasteiger partial charge in [-0.2, -0.15) is 4.98 Å². The maximum Gasteiger partial charge on any atom is 0.250 e. The highest BCUT2D eigenvalue weighted by molar-refractivity contribution is 7.17. The van der Waals surface area contributed by atoms with Crippen molar-refractivity contribution in [2.24, 2.45) is 0 Å². The first kappa shape index (κ1) is 16.6. The van der Waals surface area contributed by atoms with E-state index in [1.165, 1.54) is 11.3 Å². The molecule has 0 radical (unpaired) electrons. The van der Waals surface area contributed by atoms with Crippen LogP contribution in [-0.2, 0) is 4.79 Å². The van der Waals surface area contributed by atoms with Crippen molar-refractivity contribution in [3.05, 3.63) is 45.4 Å². The average Bonchev–Trinajstić information content (AvgIpc) is 3.05. The Morgan fingerprint density at radius 1 is 1.21 bits per heavy atom. The SMILES string of the molecule is Cc1sc2nc(NC(=O)CCC(=O)c3ccc(Cl)cc3)nn2c1C. The Bertz CT molecular complexity index is 914. The third kappa shape index (κ3) is 3.47. The molecule has 0 fully saturated rings. The highest BCUT2D eigenvalue weighted by atomic mass is 35.5. The number of Topliss-reactive ketones (excluding diaryl/α,β-unsaturated/α-hetero) is 1. The van der Waals surface area contributed by atoms with E-state index in [2.05, 4.69) is 15.4 Å². The molecule has 8 heteroatoms. The van der Waals surface area contributed by atoms with Crippen LogP contribution in [0.1, 0.15) is 33.8 Å². The maximum absolute atomic E-state index is 12.0. The smallest absolute Gasteiger partial charge is 0.250 e. The number of amides is 1. The van der Waals surface area contributed by atoms with Crippen molar-refractivity contribution in [2.75, 3.05) is 5.32 Å². The van der Waals surface area contributed by atoms with Gasteiger partial charge >= 0.3 is 0 Å². The summed E-state index contributed by atoms with van der Waals surface area (Å²) in [5, 5.41) is 7.45. The standard InChI is InChI=1S/C16H15ClN4O2S/c1-9-10(2)24-16-19-15(20-21(9)16)18-14(23)8-7-13(22)11-3-5-12(17)6-4-11/h3-6H,7-8H2,1-2H3,(H,18,20,23). The number of ketones is 1. The van der Waals surface area contributed by atoms with Crippen molar-refractivity contribution < 1.29 is 9.59 Å². The molecule has 124 valence electrons. The van der Waals surface area contributed by atoms with E-state index < -0.39 is 0 Å². The quantitative estimate of drug-likeness (QED) is 0.702. The zero-order chi connectivity index (χ0) is 17.3. The van der Waals surface area contributed by atoms with Crippen LogP contribution in [0.15, 0.2) is 24.3 Å². The summed E-state index contributed by atoms with van der Waals surface area (Å²) in [6.45, 7) is 3.95. The number of anilines is 1. The van der Waals surface area contributed by atoms with E-state index in [1.807, 2.05) is 13.8 Å². The van der Waals surface area contributed by atoms with Crippen molar-refractivity contribution in [3.63, 3.8) is 0 Å². The molecule has 24 heavy (non-hydrogen) atoms. The third-order valence-corrected chi connectivity index (χ3v) is 4.95. The minimum absolute atomic E-state index is 0.0757. The number of halogens is 1. The fraction of sp³-hybridized carbons (Fsp3) is 0.250. The molecule has 0 saturated carbocycles. The predicted octanol–water partition coefficient (Wildman–Crippen LogP) is 3.66. The number of benzene rings is 1. The lowest BCUT2D eigenvalue weighted by Crippen LogP contribution is -2.14. The monoisotopic (exact) mass is 362 g/mol. The van der Waals surface area contributed by atoms with Gasteiger partial charge in [0.05, 0.1) is 5.69 Å². The van der Waals surface area contributed by atoms with Crippen molar-refractivity contribution >= 4 is 45.5 Å². The Morgan fingerprint density at radius 3 is 2.58 bits per heavy atom. The molecule has 2 aromatic heterocycles. The van der Waals surface area contributed by atoms with E-state index in [1.54, 1.807) is 28.8 Å². The predicted molar refractivity (Wildman–Crippen MR) is 94.0 cm³/mol. The van der Waals surface area contributed by atoms with Crippen LogP contribution >= 0.6 is 22.9 Å². The third-order valence-electron chi connectivity index (χ3n) is 3.65. The van der Waals surface area contributed by atoms with Crippen molar-refractivity contribution in [3.8, 4) is 0 Å². The van der Waals surface area contributed by atoms with Gasteiger partial charge in [0, 0.05) is 28.3 Å². The number of aryl methyl sites for hydroxylation is 2. The van der Waals surface area contributed by atoms with Crippen molar-refractivity contribution in [2.45, 2.75) is 26.7 Å².